The van der Waals surface area contributed by atoms with Gasteiger partial charge in [-0.3, -0.25) is 0 Å². The monoisotopic (exact) mass is 513 g/mol. The third kappa shape index (κ3) is 5.05. The first-order chi connectivity index (χ1) is 17.0. The van der Waals surface area contributed by atoms with Crippen LogP contribution < -0.4 is 4.74 Å². The van der Waals surface area contributed by atoms with Crippen LogP contribution in [0.5, 0.6) is 5.75 Å². The highest BCUT2D eigenvalue weighted by atomic mass is 32.2. The molecule has 2 unspecified atom stereocenters. The highest BCUT2D eigenvalue weighted by Crippen LogP contribution is 2.32. The van der Waals surface area contributed by atoms with Crippen LogP contribution in [-0.4, -0.2) is 73.2 Å². The van der Waals surface area contributed by atoms with Gasteiger partial charge in [0, 0.05) is 42.8 Å². The molecular formula is C26H31N3O6S. The van der Waals surface area contributed by atoms with Crippen molar-refractivity contribution in [3.8, 4) is 11.6 Å². The van der Waals surface area contributed by atoms with Crippen LogP contribution in [0.2, 0.25) is 0 Å². The zero-order valence-corrected chi connectivity index (χ0v) is 21.7. The average Bonchev–Trinajstić information content (AvgIpc) is 3.21. The van der Waals surface area contributed by atoms with E-state index in [0.29, 0.717) is 37.9 Å². The van der Waals surface area contributed by atoms with Crippen molar-refractivity contribution in [2.24, 2.45) is 11.8 Å². The Kier molecular flexibility index (Phi) is 6.20. The molecule has 0 radical (unpaired) electrons. The van der Waals surface area contributed by atoms with Crippen molar-refractivity contribution in [1.82, 2.24) is 14.5 Å². The van der Waals surface area contributed by atoms with Gasteiger partial charge in [0.25, 0.3) is 0 Å². The standard InChI is InChI=1S/C26H31N3O6S/c1-26(2,3)35-25(30)28-13-18-15-33-16-19(14-28)24(18)34-20-5-8-23(27-12-20)29-10-9-17-11-21(36(4,31)32)6-7-22(17)29/h5-12,18-19,24H,13-16H2,1-4H3. The van der Waals surface area contributed by atoms with Crippen molar-refractivity contribution >= 4 is 26.8 Å². The maximum atomic E-state index is 12.6. The summed E-state index contributed by atoms with van der Waals surface area (Å²) < 4.78 is 43.3. The minimum absolute atomic E-state index is 0.0436. The second kappa shape index (κ2) is 9.08. The van der Waals surface area contributed by atoms with Crippen molar-refractivity contribution in [2.45, 2.75) is 37.4 Å². The van der Waals surface area contributed by atoms with Crippen molar-refractivity contribution in [1.29, 1.82) is 0 Å². The number of likely N-dealkylation sites (tertiary alicyclic amines) is 1. The number of piperidine rings is 1. The summed E-state index contributed by atoms with van der Waals surface area (Å²) in [4.78, 5) is 19.2. The van der Waals surface area contributed by atoms with Gasteiger partial charge in [0.1, 0.15) is 23.3 Å². The molecule has 10 heteroatoms. The number of ether oxygens (including phenoxy) is 3. The van der Waals surface area contributed by atoms with Crippen molar-refractivity contribution in [3.63, 3.8) is 0 Å². The van der Waals surface area contributed by atoms with E-state index in [1.54, 1.807) is 29.3 Å². The highest BCUT2D eigenvalue weighted by Gasteiger charge is 2.44. The molecule has 2 aliphatic rings. The fraction of sp³-hybridized carbons (Fsp3) is 0.462. The van der Waals surface area contributed by atoms with E-state index in [2.05, 4.69) is 4.98 Å². The predicted octanol–water partition coefficient (Wildman–Crippen LogP) is 3.69. The van der Waals surface area contributed by atoms with E-state index in [0.717, 1.165) is 10.9 Å². The fourth-order valence-corrected chi connectivity index (χ4v) is 5.52. The summed E-state index contributed by atoms with van der Waals surface area (Å²) in [6.45, 7) is 7.69. The zero-order valence-electron chi connectivity index (χ0n) is 20.9. The number of hydrogen-bond acceptors (Lipinski definition) is 7. The Hall–Kier alpha value is -3.11. The highest BCUT2D eigenvalue weighted by molar-refractivity contribution is 7.90. The molecule has 4 heterocycles. The van der Waals surface area contributed by atoms with E-state index < -0.39 is 15.4 Å². The number of carbonyl (C=O) groups is 1. The third-order valence-electron chi connectivity index (χ3n) is 6.48. The summed E-state index contributed by atoms with van der Waals surface area (Å²) in [5, 5.41) is 0.824. The molecule has 2 bridgehead atoms. The van der Waals surface area contributed by atoms with Crippen molar-refractivity contribution < 1.29 is 27.4 Å². The number of carbonyl (C=O) groups excluding carboxylic acids is 1. The number of rotatable bonds is 4. The summed E-state index contributed by atoms with van der Waals surface area (Å²) >= 11 is 0. The average molecular weight is 514 g/mol. The van der Waals surface area contributed by atoms with Gasteiger partial charge in [-0.25, -0.2) is 18.2 Å². The molecule has 1 aromatic carbocycles. The molecule has 0 saturated carbocycles. The molecule has 0 aliphatic carbocycles. The lowest BCUT2D eigenvalue weighted by molar-refractivity contribution is -0.112. The van der Waals surface area contributed by atoms with E-state index in [9.17, 15) is 13.2 Å². The summed E-state index contributed by atoms with van der Waals surface area (Å²) in [5.41, 5.74) is 0.328. The minimum Gasteiger partial charge on any atom is -0.488 e. The smallest absolute Gasteiger partial charge is 0.410 e. The number of fused-ring (bicyclic) bond motifs is 3. The molecule has 2 fully saturated rings. The Morgan fingerprint density at radius 3 is 2.42 bits per heavy atom. The maximum absolute atomic E-state index is 12.6. The van der Waals surface area contributed by atoms with Crippen LogP contribution in [0.3, 0.4) is 0 Å². The Labute approximate surface area is 210 Å². The molecular weight excluding hydrogens is 482 g/mol. The molecule has 0 N–H and O–H groups in total. The number of hydrogen-bond donors (Lipinski definition) is 0. The Morgan fingerprint density at radius 1 is 1.08 bits per heavy atom. The van der Waals surface area contributed by atoms with Gasteiger partial charge in [-0.1, -0.05) is 0 Å². The van der Waals surface area contributed by atoms with Gasteiger partial charge in [0.2, 0.25) is 0 Å². The topological polar surface area (TPSA) is 100.0 Å². The lowest BCUT2D eigenvalue weighted by atomic mass is 9.84. The van der Waals surface area contributed by atoms with Gasteiger partial charge >= 0.3 is 6.09 Å². The van der Waals surface area contributed by atoms with E-state index >= 15 is 0 Å². The fourth-order valence-electron chi connectivity index (χ4n) is 4.86. The molecule has 36 heavy (non-hydrogen) atoms. The molecule has 3 aromatic rings. The first-order valence-corrected chi connectivity index (χ1v) is 13.9. The molecule has 9 nitrogen and oxygen atoms in total. The van der Waals surface area contributed by atoms with Crippen LogP contribution >= 0.6 is 0 Å². The first kappa shape index (κ1) is 24.6. The van der Waals surface area contributed by atoms with E-state index in [4.69, 9.17) is 14.2 Å². The van der Waals surface area contributed by atoms with Crippen LogP contribution in [0.25, 0.3) is 16.7 Å². The van der Waals surface area contributed by atoms with E-state index in [1.165, 1.54) is 6.26 Å². The quantitative estimate of drug-likeness (QED) is 0.525. The van der Waals surface area contributed by atoms with Gasteiger partial charge in [-0.15, -0.1) is 0 Å². The molecule has 2 aromatic heterocycles. The molecule has 5 rings (SSSR count). The molecule has 1 amide bonds. The Bertz CT molecular complexity index is 1360. The van der Waals surface area contributed by atoms with Crippen molar-refractivity contribution in [2.75, 3.05) is 32.6 Å². The van der Waals surface area contributed by atoms with Gasteiger partial charge in [-0.2, -0.15) is 0 Å². The third-order valence-corrected chi connectivity index (χ3v) is 7.59. The molecule has 2 atom stereocenters. The van der Waals surface area contributed by atoms with Crippen molar-refractivity contribution in [3.05, 3.63) is 48.8 Å². The summed E-state index contributed by atoms with van der Waals surface area (Å²) in [6.07, 6.45) is 4.39. The summed E-state index contributed by atoms with van der Waals surface area (Å²) in [7, 11) is -3.27. The second-order valence-electron chi connectivity index (χ2n) is 10.6. The first-order valence-electron chi connectivity index (χ1n) is 12.0. The van der Waals surface area contributed by atoms with E-state index in [-0.39, 0.29) is 28.9 Å². The number of nitrogens with zero attached hydrogens (tertiary/aromatic N) is 3. The van der Waals surface area contributed by atoms with Gasteiger partial charge in [0.15, 0.2) is 9.84 Å². The molecule has 2 aliphatic heterocycles. The maximum Gasteiger partial charge on any atom is 0.410 e. The lowest BCUT2D eigenvalue weighted by Crippen LogP contribution is -2.59. The predicted molar refractivity (Wildman–Crippen MR) is 134 cm³/mol. The number of pyridine rings is 1. The lowest BCUT2D eigenvalue weighted by Gasteiger charge is -2.46. The SMILES string of the molecule is CC(C)(C)OC(=O)N1CC2COCC(C1)C2Oc1ccc(-n2ccc3cc(S(C)(=O)=O)ccc32)nc1. The van der Waals surface area contributed by atoms with Crippen LogP contribution in [0.4, 0.5) is 4.79 Å². The Balaban J connectivity index is 1.30. The summed E-state index contributed by atoms with van der Waals surface area (Å²) in [6, 6.07) is 10.7. The summed E-state index contributed by atoms with van der Waals surface area (Å²) in [5.74, 6) is 1.44. The minimum atomic E-state index is -3.27. The molecule has 0 spiro atoms. The van der Waals surface area contributed by atoms with Crippen LogP contribution in [-0.2, 0) is 19.3 Å². The largest absolute Gasteiger partial charge is 0.488 e. The Morgan fingerprint density at radius 2 is 1.81 bits per heavy atom. The molecule has 2 saturated heterocycles. The van der Waals surface area contributed by atoms with Gasteiger partial charge < -0.3 is 23.7 Å². The van der Waals surface area contributed by atoms with Crippen LogP contribution in [0.1, 0.15) is 20.8 Å². The van der Waals surface area contributed by atoms with E-state index in [1.807, 2.05) is 49.7 Å². The van der Waals surface area contributed by atoms with Gasteiger partial charge in [0.05, 0.1) is 29.8 Å². The van der Waals surface area contributed by atoms with Crippen LogP contribution in [0, 0.1) is 11.8 Å². The van der Waals surface area contributed by atoms with Gasteiger partial charge in [-0.05, 0) is 57.2 Å². The number of aromatic nitrogens is 2. The number of benzene rings is 1. The second-order valence-corrected chi connectivity index (χ2v) is 12.6. The van der Waals surface area contributed by atoms with Crippen LogP contribution in [0.15, 0.2) is 53.7 Å². The molecule has 192 valence electrons. The normalized spacial score (nSPS) is 22.4. The zero-order chi connectivity index (χ0) is 25.7. The number of sulfone groups is 1. The number of amides is 1.